The van der Waals surface area contributed by atoms with Gasteiger partial charge in [0.15, 0.2) is 6.61 Å². The maximum absolute atomic E-state index is 12.2. The van der Waals surface area contributed by atoms with Gasteiger partial charge in [0.2, 0.25) is 0 Å². The molecule has 1 rings (SSSR count). The first kappa shape index (κ1) is 15.8. The molecule has 0 aromatic carbocycles. The topological polar surface area (TPSA) is 34.1 Å². The van der Waals surface area contributed by atoms with Crippen molar-refractivity contribution in [3.05, 3.63) is 23.5 Å². The quantitative estimate of drug-likeness (QED) is 0.917. The molecule has 0 bridgehead atoms. The Morgan fingerprint density at radius 2 is 1.84 bits per heavy atom. The molecule has 0 saturated heterocycles. The van der Waals surface area contributed by atoms with E-state index in [1.807, 2.05) is 20.8 Å². The summed E-state index contributed by atoms with van der Waals surface area (Å²) in [5.74, 6) is 0.166. The van der Waals surface area contributed by atoms with Crippen LogP contribution in [-0.4, -0.2) is 23.3 Å². The molecule has 1 heterocycles. The summed E-state index contributed by atoms with van der Waals surface area (Å²) >= 11 is 0. The van der Waals surface area contributed by atoms with Crippen molar-refractivity contribution in [2.45, 2.75) is 46.0 Å². The molecular formula is C13H19F3N2O. The van der Waals surface area contributed by atoms with Crippen LogP contribution in [0.2, 0.25) is 0 Å². The minimum atomic E-state index is -4.35. The zero-order chi connectivity index (χ0) is 14.7. The third kappa shape index (κ3) is 6.42. The average Bonchev–Trinajstić information content (AvgIpc) is 2.22. The van der Waals surface area contributed by atoms with E-state index in [1.54, 1.807) is 13.0 Å². The number of halogens is 3. The minimum absolute atomic E-state index is 0.146. The van der Waals surface area contributed by atoms with Gasteiger partial charge in [-0.2, -0.15) is 13.2 Å². The zero-order valence-corrected chi connectivity index (χ0v) is 11.6. The Labute approximate surface area is 111 Å². The van der Waals surface area contributed by atoms with Crippen LogP contribution >= 0.6 is 0 Å². The molecular weight excluding hydrogens is 257 g/mol. The fraction of sp³-hybridized carbons (Fsp3) is 0.615. The number of ether oxygens (including phenoxy) is 1. The molecule has 1 aromatic heterocycles. The number of rotatable bonds is 4. The highest BCUT2D eigenvalue weighted by molar-refractivity contribution is 5.29. The van der Waals surface area contributed by atoms with Crippen LogP contribution in [0.3, 0.4) is 0 Å². The Balaban J connectivity index is 2.80. The highest BCUT2D eigenvalue weighted by Crippen LogP contribution is 2.22. The van der Waals surface area contributed by atoms with Crippen molar-refractivity contribution in [1.29, 1.82) is 0 Å². The van der Waals surface area contributed by atoms with Crippen molar-refractivity contribution in [3.8, 4) is 5.75 Å². The largest absolute Gasteiger partial charge is 0.482 e. The summed E-state index contributed by atoms with van der Waals surface area (Å²) in [6.07, 6.45) is -4.35. The number of aryl methyl sites for hydroxylation is 1. The molecule has 0 aliphatic carbocycles. The normalized spacial score (nSPS) is 12.6. The maximum Gasteiger partial charge on any atom is 0.422 e. The predicted octanol–water partition coefficient (Wildman–Crippen LogP) is 3.22. The summed E-state index contributed by atoms with van der Waals surface area (Å²) in [7, 11) is 0. The van der Waals surface area contributed by atoms with Gasteiger partial charge in [0.1, 0.15) is 5.75 Å². The second kappa shape index (κ2) is 5.77. The summed E-state index contributed by atoms with van der Waals surface area (Å²) in [6.45, 7) is 6.75. The molecule has 6 heteroatoms. The third-order valence-electron chi connectivity index (χ3n) is 2.25. The zero-order valence-electron chi connectivity index (χ0n) is 11.6. The molecule has 1 N–H and O–H groups in total. The molecule has 0 aliphatic heterocycles. The number of hydrogen-bond acceptors (Lipinski definition) is 3. The van der Waals surface area contributed by atoms with Gasteiger partial charge in [-0.1, -0.05) is 0 Å². The monoisotopic (exact) mass is 276 g/mol. The van der Waals surface area contributed by atoms with E-state index in [1.165, 1.54) is 6.07 Å². The number of pyridine rings is 1. The van der Waals surface area contributed by atoms with E-state index in [9.17, 15) is 13.2 Å². The van der Waals surface area contributed by atoms with Gasteiger partial charge in [0, 0.05) is 17.8 Å². The summed E-state index contributed by atoms with van der Waals surface area (Å²) in [4.78, 5) is 4.22. The SMILES string of the molecule is Cc1ccc(OCC(F)(F)F)c(CNC(C)(C)C)n1. The van der Waals surface area contributed by atoms with Crippen molar-refractivity contribution in [1.82, 2.24) is 10.3 Å². The van der Waals surface area contributed by atoms with Crippen LogP contribution in [0.15, 0.2) is 12.1 Å². The van der Waals surface area contributed by atoms with E-state index < -0.39 is 12.8 Å². The van der Waals surface area contributed by atoms with Crippen molar-refractivity contribution >= 4 is 0 Å². The van der Waals surface area contributed by atoms with Crippen LogP contribution in [0.4, 0.5) is 13.2 Å². The summed E-state index contributed by atoms with van der Waals surface area (Å²) < 4.78 is 41.3. The van der Waals surface area contributed by atoms with E-state index in [0.29, 0.717) is 12.2 Å². The van der Waals surface area contributed by atoms with Crippen LogP contribution < -0.4 is 10.1 Å². The Kier molecular flexibility index (Phi) is 4.79. The number of nitrogens with one attached hydrogen (secondary N) is 1. The highest BCUT2D eigenvalue weighted by Gasteiger charge is 2.29. The average molecular weight is 276 g/mol. The van der Waals surface area contributed by atoms with Crippen LogP contribution in [-0.2, 0) is 6.54 Å². The molecule has 0 spiro atoms. The fourth-order valence-corrected chi connectivity index (χ4v) is 1.36. The summed E-state index contributed by atoms with van der Waals surface area (Å²) in [6, 6.07) is 3.15. The molecule has 0 fully saturated rings. The summed E-state index contributed by atoms with van der Waals surface area (Å²) in [5, 5.41) is 3.18. The molecule has 0 unspecified atom stereocenters. The molecule has 0 saturated carbocycles. The number of nitrogens with zero attached hydrogens (tertiary/aromatic N) is 1. The van der Waals surface area contributed by atoms with Gasteiger partial charge in [-0.15, -0.1) is 0 Å². The van der Waals surface area contributed by atoms with Crippen molar-refractivity contribution in [2.75, 3.05) is 6.61 Å². The number of alkyl halides is 3. The Morgan fingerprint density at radius 3 is 2.37 bits per heavy atom. The second-order valence-electron chi connectivity index (χ2n) is 5.40. The van der Waals surface area contributed by atoms with E-state index in [-0.39, 0.29) is 11.3 Å². The van der Waals surface area contributed by atoms with E-state index in [0.717, 1.165) is 5.69 Å². The Morgan fingerprint density at radius 1 is 1.21 bits per heavy atom. The van der Waals surface area contributed by atoms with Gasteiger partial charge >= 0.3 is 6.18 Å². The fourth-order valence-electron chi connectivity index (χ4n) is 1.36. The smallest absolute Gasteiger partial charge is 0.422 e. The van der Waals surface area contributed by atoms with Crippen molar-refractivity contribution in [2.24, 2.45) is 0 Å². The van der Waals surface area contributed by atoms with Gasteiger partial charge in [-0.3, -0.25) is 4.98 Å². The number of aromatic nitrogens is 1. The molecule has 0 amide bonds. The molecule has 19 heavy (non-hydrogen) atoms. The second-order valence-corrected chi connectivity index (χ2v) is 5.40. The van der Waals surface area contributed by atoms with E-state index in [4.69, 9.17) is 4.74 Å². The first-order valence-electron chi connectivity index (χ1n) is 5.98. The lowest BCUT2D eigenvalue weighted by molar-refractivity contribution is -0.153. The van der Waals surface area contributed by atoms with Crippen LogP contribution in [0, 0.1) is 6.92 Å². The van der Waals surface area contributed by atoms with Crippen LogP contribution in [0.1, 0.15) is 32.2 Å². The predicted molar refractivity (Wildman–Crippen MR) is 67.1 cm³/mol. The van der Waals surface area contributed by atoms with E-state index >= 15 is 0 Å². The molecule has 108 valence electrons. The summed E-state index contributed by atoms with van der Waals surface area (Å²) in [5.41, 5.74) is 1.08. The number of hydrogen-bond donors (Lipinski definition) is 1. The van der Waals surface area contributed by atoms with Crippen molar-refractivity contribution in [3.63, 3.8) is 0 Å². The Hall–Kier alpha value is -1.30. The molecule has 3 nitrogen and oxygen atoms in total. The lowest BCUT2D eigenvalue weighted by Gasteiger charge is -2.21. The molecule has 0 aliphatic rings. The third-order valence-corrected chi connectivity index (χ3v) is 2.25. The van der Waals surface area contributed by atoms with Gasteiger partial charge in [-0.05, 0) is 39.8 Å². The highest BCUT2D eigenvalue weighted by atomic mass is 19.4. The van der Waals surface area contributed by atoms with Crippen LogP contribution in [0.25, 0.3) is 0 Å². The van der Waals surface area contributed by atoms with Crippen LogP contribution in [0.5, 0.6) is 5.75 Å². The van der Waals surface area contributed by atoms with Gasteiger partial charge in [0.25, 0.3) is 0 Å². The molecule has 0 atom stereocenters. The maximum atomic E-state index is 12.2. The first-order valence-corrected chi connectivity index (χ1v) is 5.98. The minimum Gasteiger partial charge on any atom is -0.482 e. The van der Waals surface area contributed by atoms with Gasteiger partial charge in [0.05, 0.1) is 5.69 Å². The van der Waals surface area contributed by atoms with E-state index in [2.05, 4.69) is 10.3 Å². The lowest BCUT2D eigenvalue weighted by Crippen LogP contribution is -2.35. The standard InChI is InChI=1S/C13H19F3N2O/c1-9-5-6-11(19-8-13(14,15)16)10(18-9)7-17-12(2,3)4/h5-6,17H,7-8H2,1-4H3. The van der Waals surface area contributed by atoms with Crippen molar-refractivity contribution < 1.29 is 17.9 Å². The van der Waals surface area contributed by atoms with Gasteiger partial charge < -0.3 is 10.1 Å². The molecule has 0 radical (unpaired) electrons. The van der Waals surface area contributed by atoms with Gasteiger partial charge in [-0.25, -0.2) is 0 Å². The Bertz CT molecular complexity index is 425. The lowest BCUT2D eigenvalue weighted by atomic mass is 10.1. The first-order chi connectivity index (χ1) is 8.57. The molecule has 1 aromatic rings.